The van der Waals surface area contributed by atoms with Crippen molar-refractivity contribution in [2.24, 2.45) is 4.99 Å². The lowest BCUT2D eigenvalue weighted by Gasteiger charge is -2.11. The Hall–Kier alpha value is -4.26. The topological polar surface area (TPSA) is 49.0 Å². The third-order valence-electron chi connectivity index (χ3n) is 5.43. The van der Waals surface area contributed by atoms with E-state index in [1.807, 2.05) is 78.9 Å². The second kappa shape index (κ2) is 9.08. The average Bonchev–Trinajstić information content (AvgIpc) is 2.87. The molecule has 0 saturated carbocycles. The van der Waals surface area contributed by atoms with Crippen LogP contribution in [0, 0.1) is 11.3 Å². The Labute approximate surface area is 197 Å². The molecular weight excluding hydrogens is 426 g/mol. The van der Waals surface area contributed by atoms with Gasteiger partial charge < -0.3 is 0 Å². The number of hydrogen-bond donors (Lipinski definition) is 0. The fraction of sp³-hybridized carbons (Fsp3) is 0. The molecule has 0 bridgehead atoms. The van der Waals surface area contributed by atoms with Crippen LogP contribution in [-0.4, -0.2) is 11.2 Å². The van der Waals surface area contributed by atoms with Crippen LogP contribution in [0.2, 0.25) is 5.02 Å². The molecule has 33 heavy (non-hydrogen) atoms. The highest BCUT2D eigenvalue weighted by Crippen LogP contribution is 2.34. The van der Waals surface area contributed by atoms with E-state index in [1.54, 1.807) is 12.3 Å². The van der Waals surface area contributed by atoms with Crippen molar-refractivity contribution in [2.45, 2.75) is 0 Å². The maximum Gasteiger partial charge on any atom is 0.0998 e. The van der Waals surface area contributed by atoms with Gasteiger partial charge in [-0.05, 0) is 53.6 Å². The lowest BCUT2D eigenvalue weighted by molar-refractivity contribution is 1.39. The monoisotopic (exact) mass is 443 g/mol. The highest BCUT2D eigenvalue weighted by molar-refractivity contribution is 6.31. The molecule has 0 fully saturated rings. The SMILES string of the molecule is N#Cc1ccccc1C=Nc1cccc(-c2cc(-c3ccccc3)c3cc(Cl)ccc3n2)c1. The summed E-state index contributed by atoms with van der Waals surface area (Å²) in [6, 6.07) is 35.7. The fourth-order valence-electron chi connectivity index (χ4n) is 3.80. The van der Waals surface area contributed by atoms with Crippen molar-refractivity contribution in [3.63, 3.8) is 0 Å². The standard InChI is InChI=1S/C29H18ClN3/c30-24-13-14-28-27(16-24)26(20-7-2-1-3-8-20)17-29(33-28)21-11-6-12-25(15-21)32-19-23-10-5-4-9-22(23)18-31/h1-17,19H. The molecule has 0 unspecified atom stereocenters. The summed E-state index contributed by atoms with van der Waals surface area (Å²) in [5.41, 5.74) is 7.07. The molecule has 0 amide bonds. The van der Waals surface area contributed by atoms with Crippen molar-refractivity contribution in [1.82, 2.24) is 4.98 Å². The summed E-state index contributed by atoms with van der Waals surface area (Å²) in [5.74, 6) is 0. The molecule has 1 heterocycles. The summed E-state index contributed by atoms with van der Waals surface area (Å²) in [5, 5.41) is 11.0. The van der Waals surface area contributed by atoms with Gasteiger partial charge in [-0.1, -0.05) is 72.3 Å². The van der Waals surface area contributed by atoms with Crippen LogP contribution in [0.15, 0.2) is 108 Å². The molecule has 0 aliphatic rings. The van der Waals surface area contributed by atoms with Gasteiger partial charge in [0, 0.05) is 27.8 Å². The van der Waals surface area contributed by atoms with Gasteiger partial charge in [0.05, 0.1) is 28.5 Å². The van der Waals surface area contributed by atoms with Gasteiger partial charge in [0.2, 0.25) is 0 Å². The van der Waals surface area contributed by atoms with Crippen LogP contribution < -0.4 is 0 Å². The van der Waals surface area contributed by atoms with E-state index in [0.29, 0.717) is 10.6 Å². The van der Waals surface area contributed by atoms with E-state index in [0.717, 1.165) is 44.5 Å². The van der Waals surface area contributed by atoms with Gasteiger partial charge in [-0.25, -0.2) is 4.98 Å². The largest absolute Gasteiger partial charge is 0.256 e. The maximum absolute atomic E-state index is 9.30. The number of hydrogen-bond acceptors (Lipinski definition) is 3. The van der Waals surface area contributed by atoms with E-state index in [4.69, 9.17) is 16.6 Å². The highest BCUT2D eigenvalue weighted by Gasteiger charge is 2.10. The number of aromatic nitrogens is 1. The lowest BCUT2D eigenvalue weighted by Crippen LogP contribution is -1.90. The number of nitriles is 1. The Morgan fingerprint density at radius 2 is 1.58 bits per heavy atom. The third kappa shape index (κ3) is 4.39. The summed E-state index contributed by atoms with van der Waals surface area (Å²) < 4.78 is 0. The number of pyridine rings is 1. The predicted octanol–water partition coefficient (Wildman–Crippen LogP) is 7.84. The van der Waals surface area contributed by atoms with Gasteiger partial charge in [0.15, 0.2) is 0 Å². The van der Waals surface area contributed by atoms with Gasteiger partial charge in [0.1, 0.15) is 0 Å². The fourth-order valence-corrected chi connectivity index (χ4v) is 3.98. The van der Waals surface area contributed by atoms with Crippen molar-refractivity contribution in [3.05, 3.63) is 119 Å². The minimum atomic E-state index is 0.597. The van der Waals surface area contributed by atoms with E-state index < -0.39 is 0 Å². The van der Waals surface area contributed by atoms with Crippen molar-refractivity contribution < 1.29 is 0 Å². The van der Waals surface area contributed by atoms with Gasteiger partial charge in [0.25, 0.3) is 0 Å². The molecule has 0 radical (unpaired) electrons. The molecule has 4 heteroatoms. The van der Waals surface area contributed by atoms with Crippen molar-refractivity contribution in [2.75, 3.05) is 0 Å². The Kier molecular flexibility index (Phi) is 5.68. The molecule has 3 nitrogen and oxygen atoms in total. The summed E-state index contributed by atoms with van der Waals surface area (Å²) in [7, 11) is 0. The van der Waals surface area contributed by atoms with Crippen molar-refractivity contribution >= 4 is 34.4 Å². The Morgan fingerprint density at radius 3 is 2.42 bits per heavy atom. The summed E-state index contributed by atoms with van der Waals surface area (Å²) in [4.78, 5) is 9.51. The van der Waals surface area contributed by atoms with Crippen LogP contribution in [-0.2, 0) is 0 Å². The first-order valence-corrected chi connectivity index (χ1v) is 10.9. The molecule has 0 N–H and O–H groups in total. The minimum Gasteiger partial charge on any atom is -0.256 e. The Balaban J connectivity index is 1.60. The predicted molar refractivity (Wildman–Crippen MR) is 136 cm³/mol. The molecule has 5 aromatic rings. The molecule has 0 saturated heterocycles. The van der Waals surface area contributed by atoms with Crippen LogP contribution in [0.3, 0.4) is 0 Å². The number of rotatable bonds is 4. The van der Waals surface area contributed by atoms with Crippen LogP contribution in [0.5, 0.6) is 0 Å². The number of benzene rings is 4. The highest BCUT2D eigenvalue weighted by atomic mass is 35.5. The molecule has 0 spiro atoms. The maximum atomic E-state index is 9.30. The van der Waals surface area contributed by atoms with Crippen molar-refractivity contribution in [3.8, 4) is 28.5 Å². The number of nitrogens with zero attached hydrogens (tertiary/aromatic N) is 3. The molecule has 0 atom stereocenters. The minimum absolute atomic E-state index is 0.597. The van der Waals surface area contributed by atoms with E-state index in [1.165, 1.54) is 0 Å². The number of halogens is 1. The number of fused-ring (bicyclic) bond motifs is 1. The normalized spacial score (nSPS) is 11.0. The number of aliphatic imine (C=N–C) groups is 1. The first-order chi connectivity index (χ1) is 16.2. The molecule has 0 aliphatic heterocycles. The average molecular weight is 444 g/mol. The summed E-state index contributed by atoms with van der Waals surface area (Å²) in [6.07, 6.45) is 1.73. The van der Waals surface area contributed by atoms with E-state index >= 15 is 0 Å². The van der Waals surface area contributed by atoms with Crippen LogP contribution in [0.4, 0.5) is 5.69 Å². The van der Waals surface area contributed by atoms with Gasteiger partial charge >= 0.3 is 0 Å². The molecule has 156 valence electrons. The van der Waals surface area contributed by atoms with Gasteiger partial charge in [-0.2, -0.15) is 5.26 Å². The smallest absolute Gasteiger partial charge is 0.0998 e. The van der Waals surface area contributed by atoms with Crippen LogP contribution >= 0.6 is 11.6 Å². The van der Waals surface area contributed by atoms with Crippen LogP contribution in [0.25, 0.3) is 33.3 Å². The van der Waals surface area contributed by atoms with Gasteiger partial charge in [-0.15, -0.1) is 0 Å². The van der Waals surface area contributed by atoms with E-state index in [2.05, 4.69) is 29.3 Å². The summed E-state index contributed by atoms with van der Waals surface area (Å²) >= 11 is 6.30. The lowest BCUT2D eigenvalue weighted by atomic mass is 9.98. The second-order valence-corrected chi connectivity index (χ2v) is 8.03. The summed E-state index contributed by atoms with van der Waals surface area (Å²) in [6.45, 7) is 0. The van der Waals surface area contributed by atoms with Gasteiger partial charge in [-0.3, -0.25) is 4.99 Å². The van der Waals surface area contributed by atoms with E-state index in [-0.39, 0.29) is 0 Å². The zero-order chi connectivity index (χ0) is 22.6. The Bertz CT molecular complexity index is 1530. The quantitative estimate of drug-likeness (QED) is 0.265. The van der Waals surface area contributed by atoms with E-state index in [9.17, 15) is 5.26 Å². The molecule has 1 aromatic heterocycles. The molecule has 5 rings (SSSR count). The first-order valence-electron chi connectivity index (χ1n) is 10.5. The molecular formula is C29H18ClN3. The van der Waals surface area contributed by atoms with Crippen molar-refractivity contribution in [1.29, 1.82) is 5.26 Å². The second-order valence-electron chi connectivity index (χ2n) is 7.59. The van der Waals surface area contributed by atoms with Crippen LogP contribution in [0.1, 0.15) is 11.1 Å². The zero-order valence-corrected chi connectivity index (χ0v) is 18.4. The third-order valence-corrected chi connectivity index (χ3v) is 5.67. The Morgan fingerprint density at radius 1 is 0.788 bits per heavy atom. The molecule has 0 aliphatic carbocycles. The first kappa shape index (κ1) is 20.6. The zero-order valence-electron chi connectivity index (χ0n) is 17.6. The molecule has 4 aromatic carbocycles.